The molecular weight excluding hydrogens is 577 g/mol. The number of esters is 1. The maximum Gasteiger partial charge on any atom is 0.306 e. The van der Waals surface area contributed by atoms with Gasteiger partial charge in [-0.1, -0.05) is 6.07 Å². The number of hydrogen-bond donors (Lipinski definition) is 0. The Bertz CT molecular complexity index is 1590. The van der Waals surface area contributed by atoms with Crippen molar-refractivity contribution >= 4 is 15.8 Å². The van der Waals surface area contributed by atoms with Gasteiger partial charge in [0.05, 0.1) is 32.5 Å². The molecule has 0 N–H and O–H groups in total. The maximum atomic E-state index is 15.0. The first-order valence-electron chi connectivity index (χ1n) is 13.3. The van der Waals surface area contributed by atoms with Crippen LogP contribution in [0.1, 0.15) is 48.0 Å². The molecule has 0 bridgehead atoms. The second-order valence-corrected chi connectivity index (χ2v) is 12.5. The highest BCUT2D eigenvalue weighted by molar-refractivity contribution is 7.90. The van der Waals surface area contributed by atoms with Crippen LogP contribution in [0.15, 0.2) is 42.5 Å². The summed E-state index contributed by atoms with van der Waals surface area (Å²) in [6.45, 7) is 0.158. The van der Waals surface area contributed by atoms with Crippen molar-refractivity contribution in [3.63, 3.8) is 0 Å². The van der Waals surface area contributed by atoms with Crippen LogP contribution in [-0.4, -0.2) is 46.7 Å². The number of hydrogen-bond acceptors (Lipinski definition) is 8. The number of carbonyl (C=O) groups excluding carboxylic acids is 1. The van der Waals surface area contributed by atoms with Crippen molar-refractivity contribution < 1.29 is 50.1 Å². The van der Waals surface area contributed by atoms with Crippen molar-refractivity contribution in [2.24, 2.45) is 0 Å². The molecule has 8 nitrogen and oxygen atoms in total. The van der Waals surface area contributed by atoms with Gasteiger partial charge in [0.15, 0.2) is 17.4 Å². The van der Waals surface area contributed by atoms with E-state index in [0.717, 1.165) is 24.0 Å². The quantitative estimate of drug-likeness (QED) is 0.199. The SMILES string of the molecule is COC(=O)C[C@@H]1COc2cc(O[C@@H]3CCc4c(Oc5cc(F)c(OCCCS(C)(=O)=O)c(F)c5)ccc(F)c43)ccc21. The second kappa shape index (κ2) is 12.1. The molecule has 0 amide bonds. The monoisotopic (exact) mass is 606 g/mol. The minimum absolute atomic E-state index is 0.0787. The third kappa shape index (κ3) is 6.59. The van der Waals surface area contributed by atoms with Crippen LogP contribution in [0.5, 0.6) is 28.7 Å². The number of methoxy groups -OCH3 is 1. The van der Waals surface area contributed by atoms with Crippen molar-refractivity contribution in [2.75, 3.05) is 32.3 Å². The molecule has 42 heavy (non-hydrogen) atoms. The van der Waals surface area contributed by atoms with Crippen LogP contribution in [0, 0.1) is 17.5 Å². The van der Waals surface area contributed by atoms with E-state index in [1.807, 2.05) is 6.07 Å². The summed E-state index contributed by atoms with van der Waals surface area (Å²) >= 11 is 0. The van der Waals surface area contributed by atoms with E-state index in [-0.39, 0.29) is 48.6 Å². The fourth-order valence-electron chi connectivity index (χ4n) is 5.16. The molecule has 2 atom stereocenters. The zero-order chi connectivity index (χ0) is 30.0. The molecule has 2 aliphatic rings. The molecule has 0 saturated carbocycles. The molecule has 0 radical (unpaired) electrons. The Hall–Kier alpha value is -3.93. The zero-order valence-corrected chi connectivity index (χ0v) is 23.8. The first-order valence-corrected chi connectivity index (χ1v) is 15.4. The van der Waals surface area contributed by atoms with Gasteiger partial charge in [0.25, 0.3) is 0 Å². The number of fused-ring (bicyclic) bond motifs is 2. The van der Waals surface area contributed by atoms with E-state index in [4.69, 9.17) is 23.7 Å². The number of halogens is 3. The predicted molar refractivity (Wildman–Crippen MR) is 146 cm³/mol. The second-order valence-electron chi connectivity index (χ2n) is 10.2. The van der Waals surface area contributed by atoms with Gasteiger partial charge in [0.2, 0.25) is 0 Å². The van der Waals surface area contributed by atoms with Crippen molar-refractivity contribution in [3.8, 4) is 28.7 Å². The smallest absolute Gasteiger partial charge is 0.306 e. The minimum atomic E-state index is -3.22. The Balaban J connectivity index is 1.29. The van der Waals surface area contributed by atoms with Crippen LogP contribution >= 0.6 is 0 Å². The molecule has 224 valence electrons. The molecule has 0 spiro atoms. The Labute approximate surface area is 241 Å². The minimum Gasteiger partial charge on any atom is -0.492 e. The third-order valence-corrected chi connectivity index (χ3v) is 8.16. The molecule has 0 saturated heterocycles. The van der Waals surface area contributed by atoms with E-state index in [9.17, 15) is 22.0 Å². The third-order valence-electron chi connectivity index (χ3n) is 7.13. The summed E-state index contributed by atoms with van der Waals surface area (Å²) in [6, 6.07) is 9.78. The van der Waals surface area contributed by atoms with Crippen LogP contribution in [0.4, 0.5) is 13.2 Å². The fraction of sp³-hybridized carbons (Fsp3) is 0.367. The highest BCUT2D eigenvalue weighted by Gasteiger charge is 2.32. The topological polar surface area (TPSA) is 97.4 Å². The van der Waals surface area contributed by atoms with Crippen LogP contribution in [0.25, 0.3) is 0 Å². The van der Waals surface area contributed by atoms with Crippen LogP contribution < -0.4 is 18.9 Å². The largest absolute Gasteiger partial charge is 0.492 e. The zero-order valence-electron chi connectivity index (χ0n) is 23.0. The molecule has 12 heteroatoms. The molecule has 1 aliphatic carbocycles. The average molecular weight is 607 g/mol. The van der Waals surface area contributed by atoms with Crippen molar-refractivity contribution in [1.82, 2.24) is 0 Å². The lowest BCUT2D eigenvalue weighted by atomic mass is 9.98. The maximum absolute atomic E-state index is 15.0. The summed E-state index contributed by atoms with van der Waals surface area (Å²) in [5.41, 5.74) is 1.69. The summed E-state index contributed by atoms with van der Waals surface area (Å²) in [4.78, 5) is 11.7. The fourth-order valence-corrected chi connectivity index (χ4v) is 5.80. The van der Waals surface area contributed by atoms with E-state index in [2.05, 4.69) is 0 Å². The molecule has 1 heterocycles. The van der Waals surface area contributed by atoms with Gasteiger partial charge in [-0.3, -0.25) is 4.79 Å². The van der Waals surface area contributed by atoms with Crippen LogP contribution in [-0.2, 0) is 25.8 Å². The van der Waals surface area contributed by atoms with Crippen molar-refractivity contribution in [2.45, 2.75) is 37.7 Å². The van der Waals surface area contributed by atoms with Gasteiger partial charge < -0.3 is 23.7 Å². The molecular formula is C30H29F3O8S. The highest BCUT2D eigenvalue weighted by atomic mass is 32.2. The van der Waals surface area contributed by atoms with E-state index >= 15 is 4.39 Å². The average Bonchev–Trinajstić information content (AvgIpc) is 3.53. The number of rotatable bonds is 11. The summed E-state index contributed by atoms with van der Waals surface area (Å²) in [5.74, 6) is -2.65. The van der Waals surface area contributed by atoms with Gasteiger partial charge in [-0.15, -0.1) is 0 Å². The lowest BCUT2D eigenvalue weighted by Gasteiger charge is -2.17. The lowest BCUT2D eigenvalue weighted by Crippen LogP contribution is -2.09. The molecule has 1 aliphatic heterocycles. The number of benzene rings is 3. The summed E-state index contributed by atoms with van der Waals surface area (Å²) in [7, 11) is -1.89. The predicted octanol–water partition coefficient (Wildman–Crippen LogP) is 5.82. The Kier molecular flexibility index (Phi) is 8.53. The van der Waals surface area contributed by atoms with Gasteiger partial charge in [0, 0.05) is 47.1 Å². The Morgan fingerprint density at radius 2 is 1.79 bits per heavy atom. The summed E-state index contributed by atoms with van der Waals surface area (Å²) in [5, 5.41) is 0. The lowest BCUT2D eigenvalue weighted by molar-refractivity contribution is -0.141. The summed E-state index contributed by atoms with van der Waals surface area (Å²) in [6.07, 6.45) is 1.55. The number of ether oxygens (including phenoxy) is 5. The standard InChI is InChI=1S/C30H29F3O8S/c1-37-28(34)12-17-16-39-27-15-18(4-5-20(17)27)40-26-8-6-21-25(9-7-22(31)29(21)26)41-19-13-23(32)30(24(33)14-19)38-10-3-11-42(2,35)36/h4-5,7,9,13-15,17,26H,3,6,8,10-12,16H2,1-2H3/t17-,26-/m1/s1. The van der Waals surface area contributed by atoms with E-state index in [0.29, 0.717) is 42.1 Å². The van der Waals surface area contributed by atoms with Gasteiger partial charge in [-0.05, 0) is 37.5 Å². The van der Waals surface area contributed by atoms with Crippen LogP contribution in [0.3, 0.4) is 0 Å². The van der Waals surface area contributed by atoms with E-state index < -0.39 is 39.1 Å². The molecule has 3 aromatic rings. The Morgan fingerprint density at radius 1 is 1.02 bits per heavy atom. The molecule has 0 aromatic heterocycles. The number of sulfone groups is 1. The van der Waals surface area contributed by atoms with Gasteiger partial charge in [-0.25, -0.2) is 21.6 Å². The molecule has 5 rings (SSSR count). The Morgan fingerprint density at radius 3 is 2.50 bits per heavy atom. The summed E-state index contributed by atoms with van der Waals surface area (Å²) < 4.78 is 94.3. The van der Waals surface area contributed by atoms with Gasteiger partial charge in [0.1, 0.15) is 44.8 Å². The highest BCUT2D eigenvalue weighted by Crippen LogP contribution is 2.44. The van der Waals surface area contributed by atoms with Crippen molar-refractivity contribution in [1.29, 1.82) is 0 Å². The first-order chi connectivity index (χ1) is 20.0. The van der Waals surface area contributed by atoms with Gasteiger partial charge in [-0.2, -0.15) is 0 Å². The number of carbonyl (C=O) groups is 1. The van der Waals surface area contributed by atoms with Gasteiger partial charge >= 0.3 is 5.97 Å². The van der Waals surface area contributed by atoms with Crippen molar-refractivity contribution in [3.05, 3.63) is 76.6 Å². The van der Waals surface area contributed by atoms with E-state index in [1.54, 1.807) is 12.1 Å². The normalized spacial score (nSPS) is 17.3. The molecule has 3 aromatic carbocycles. The molecule has 0 fully saturated rings. The van der Waals surface area contributed by atoms with Crippen LogP contribution in [0.2, 0.25) is 0 Å². The first kappa shape index (κ1) is 29.6. The molecule has 0 unspecified atom stereocenters. The van der Waals surface area contributed by atoms with E-state index in [1.165, 1.54) is 19.2 Å².